The van der Waals surface area contributed by atoms with E-state index < -0.39 is 16.5 Å². The molecule has 0 bridgehead atoms. The van der Waals surface area contributed by atoms with Crippen LogP contribution in [0.2, 0.25) is 0 Å². The van der Waals surface area contributed by atoms with Gasteiger partial charge in [-0.15, -0.1) is 9.05 Å². The summed E-state index contributed by atoms with van der Waals surface area (Å²) in [5, 5.41) is 0. The van der Waals surface area contributed by atoms with Crippen molar-refractivity contribution in [3.05, 3.63) is 60.7 Å². The Morgan fingerprint density at radius 1 is 0.703 bits per heavy atom. The van der Waals surface area contributed by atoms with E-state index in [2.05, 4.69) is 0 Å². The highest BCUT2D eigenvalue weighted by atomic mass is 31.1. The topological polar surface area (TPSA) is 114 Å². The monoisotopic (exact) mass is 572 g/mol. The SMILES string of the molecule is C=O.O=POC1CCCCC1.O=[P+](OCCCCCCO[P+](=O)Oc1ccccc1)Oc1ccccc1. The van der Waals surface area contributed by atoms with Crippen LogP contribution in [0.3, 0.4) is 0 Å². The van der Waals surface area contributed by atoms with E-state index in [0.717, 1.165) is 38.5 Å². The second-order valence-corrected chi connectivity index (χ2v) is 9.91. The van der Waals surface area contributed by atoms with Crippen LogP contribution < -0.4 is 9.05 Å². The van der Waals surface area contributed by atoms with Crippen LogP contribution >= 0.6 is 25.2 Å². The Labute approximate surface area is 222 Å². The van der Waals surface area contributed by atoms with Gasteiger partial charge < -0.3 is 4.79 Å². The van der Waals surface area contributed by atoms with Gasteiger partial charge in [0.2, 0.25) is 0 Å². The van der Waals surface area contributed by atoms with Crippen molar-refractivity contribution in [1.29, 1.82) is 0 Å². The summed E-state index contributed by atoms with van der Waals surface area (Å²) < 4.78 is 58.7. The summed E-state index contributed by atoms with van der Waals surface area (Å²) in [5.74, 6) is 1.05. The number of benzene rings is 2. The molecule has 0 heterocycles. The van der Waals surface area contributed by atoms with Crippen LogP contribution in [0.5, 0.6) is 11.5 Å². The first-order valence-corrected chi connectivity index (χ1v) is 15.0. The van der Waals surface area contributed by atoms with Crippen LogP contribution in [-0.4, -0.2) is 26.1 Å². The van der Waals surface area contributed by atoms with Gasteiger partial charge in [-0.05, 0) is 49.9 Å². The molecule has 2 unspecified atom stereocenters. The maximum Gasteiger partial charge on any atom is 0.750 e. The molecule has 1 aliphatic rings. The second kappa shape index (κ2) is 23.0. The van der Waals surface area contributed by atoms with Crippen molar-refractivity contribution in [2.75, 3.05) is 13.2 Å². The van der Waals surface area contributed by atoms with Crippen molar-refractivity contribution in [3.8, 4) is 11.5 Å². The minimum Gasteiger partial charge on any atom is -0.307 e. The average molecular weight is 572 g/mol. The molecule has 0 N–H and O–H groups in total. The first-order chi connectivity index (χ1) is 18.2. The maximum absolute atomic E-state index is 11.6. The average Bonchev–Trinajstić information content (AvgIpc) is 2.93. The number of rotatable bonds is 15. The number of carbonyl (C=O) groups is 1. The van der Waals surface area contributed by atoms with Gasteiger partial charge in [0.25, 0.3) is 0 Å². The molecule has 0 spiro atoms. The third kappa shape index (κ3) is 17.9. The minimum atomic E-state index is -2.15. The Hall–Kier alpha value is -2.11. The third-order valence-electron chi connectivity index (χ3n) is 5.02. The van der Waals surface area contributed by atoms with Gasteiger partial charge in [0.15, 0.2) is 11.5 Å². The Morgan fingerprint density at radius 3 is 1.54 bits per heavy atom. The van der Waals surface area contributed by atoms with E-state index in [1.54, 1.807) is 48.5 Å². The van der Waals surface area contributed by atoms with Crippen molar-refractivity contribution < 1.29 is 41.1 Å². The maximum atomic E-state index is 11.6. The number of para-hydroxylation sites is 2. The van der Waals surface area contributed by atoms with Crippen LogP contribution in [0.1, 0.15) is 57.8 Å². The Bertz CT molecular complexity index is 807. The lowest BCUT2D eigenvalue weighted by Gasteiger charge is -2.17. The molecule has 1 fully saturated rings. The van der Waals surface area contributed by atoms with Crippen molar-refractivity contribution in [3.63, 3.8) is 0 Å². The zero-order chi connectivity index (χ0) is 27.0. The standard InChI is InChI=1S/C18H22O6P2.C6H11O2P.CH2O/c19-25(23-17-11-5-3-6-12-17)21-15-9-1-2-10-16-22-26(20)24-18-13-7-4-8-14-18;7-9-8-6-4-2-1-3-5-6;1-2/h3-8,11-14H,1-2,9-10,15-16H2;6H,1-5H2;1H2/q+2;;. The van der Waals surface area contributed by atoms with Gasteiger partial charge in [0.1, 0.15) is 20.0 Å². The molecule has 0 amide bonds. The van der Waals surface area contributed by atoms with Crippen molar-refractivity contribution >= 4 is 32.0 Å². The van der Waals surface area contributed by atoms with E-state index in [0.29, 0.717) is 24.7 Å². The summed E-state index contributed by atoms with van der Waals surface area (Å²) in [6, 6.07) is 17.8. The lowest BCUT2D eigenvalue weighted by molar-refractivity contribution is -0.0980. The van der Waals surface area contributed by atoms with E-state index in [4.69, 9.17) is 27.4 Å². The fraction of sp³-hybridized carbons (Fsp3) is 0.480. The summed E-state index contributed by atoms with van der Waals surface area (Å²) in [5.41, 5.74) is 0. The first-order valence-electron chi connectivity index (χ1n) is 12.1. The summed E-state index contributed by atoms with van der Waals surface area (Å²) in [7, 11) is -4.45. The van der Waals surface area contributed by atoms with Gasteiger partial charge in [-0.3, -0.25) is 4.52 Å². The molecule has 12 heteroatoms. The van der Waals surface area contributed by atoms with Gasteiger partial charge in [0.05, 0.1) is 6.10 Å². The zero-order valence-corrected chi connectivity index (χ0v) is 23.5. The molecule has 3 rings (SSSR count). The van der Waals surface area contributed by atoms with Gasteiger partial charge >= 0.3 is 25.2 Å². The minimum absolute atomic E-state index is 0.152. The van der Waals surface area contributed by atoms with Crippen molar-refractivity contribution in [2.45, 2.75) is 63.9 Å². The number of hydrogen-bond donors (Lipinski definition) is 0. The number of unbranched alkanes of at least 4 members (excludes halogenated alkanes) is 3. The molecular weight excluding hydrogens is 537 g/mol. The van der Waals surface area contributed by atoms with Crippen molar-refractivity contribution in [1.82, 2.24) is 0 Å². The predicted octanol–water partition coefficient (Wildman–Crippen LogP) is 8.41. The van der Waals surface area contributed by atoms with Crippen molar-refractivity contribution in [2.24, 2.45) is 0 Å². The molecule has 0 aliphatic heterocycles. The largest absolute Gasteiger partial charge is 0.750 e. The molecule has 0 radical (unpaired) electrons. The second-order valence-electron chi connectivity index (χ2n) is 7.78. The molecule has 1 saturated carbocycles. The molecule has 0 saturated heterocycles. The van der Waals surface area contributed by atoms with Crippen LogP contribution in [0.25, 0.3) is 0 Å². The Kier molecular flexibility index (Phi) is 20.5. The molecule has 202 valence electrons. The number of carbonyl (C=O) groups excluding carboxylic acids is 1. The lowest BCUT2D eigenvalue weighted by Crippen LogP contribution is -2.11. The number of hydrogen-bond acceptors (Lipinski definition) is 9. The highest BCUT2D eigenvalue weighted by Crippen LogP contribution is 2.29. The Balaban J connectivity index is 0.000000519. The predicted molar refractivity (Wildman–Crippen MR) is 142 cm³/mol. The van der Waals surface area contributed by atoms with E-state index in [-0.39, 0.29) is 14.8 Å². The van der Waals surface area contributed by atoms with Crippen LogP contribution in [0, 0.1) is 0 Å². The molecule has 2 atom stereocenters. The smallest absolute Gasteiger partial charge is 0.307 e. The first kappa shape index (κ1) is 32.9. The molecule has 0 aromatic heterocycles. The van der Waals surface area contributed by atoms with Gasteiger partial charge in [-0.1, -0.05) is 68.5 Å². The van der Waals surface area contributed by atoms with E-state index in [1.165, 1.54) is 19.3 Å². The quantitative estimate of drug-likeness (QED) is 0.153. The van der Waals surface area contributed by atoms with Gasteiger partial charge in [0, 0.05) is 9.13 Å². The third-order valence-corrected chi connectivity index (χ3v) is 6.91. The normalized spacial score (nSPS) is 13.8. The van der Waals surface area contributed by atoms with Gasteiger partial charge in [-0.25, -0.2) is 13.6 Å². The van der Waals surface area contributed by atoms with Crippen LogP contribution in [-0.2, 0) is 32.1 Å². The van der Waals surface area contributed by atoms with Gasteiger partial charge in [-0.2, -0.15) is 0 Å². The van der Waals surface area contributed by atoms with E-state index in [1.807, 2.05) is 18.9 Å². The summed E-state index contributed by atoms with van der Waals surface area (Å²) in [4.78, 5) is 8.00. The highest BCUT2D eigenvalue weighted by molar-refractivity contribution is 7.34. The van der Waals surface area contributed by atoms with E-state index >= 15 is 0 Å². The summed E-state index contributed by atoms with van der Waals surface area (Å²) >= 11 is 0. The molecule has 1 aliphatic carbocycles. The molecule has 2 aromatic carbocycles. The molecule has 2 aromatic rings. The highest BCUT2D eigenvalue weighted by Gasteiger charge is 2.22. The fourth-order valence-electron chi connectivity index (χ4n) is 3.25. The molecular formula is C25H35O9P3+2. The molecule has 9 nitrogen and oxygen atoms in total. The summed E-state index contributed by atoms with van der Waals surface area (Å²) in [6.07, 6.45) is 9.58. The van der Waals surface area contributed by atoms with Crippen LogP contribution in [0.4, 0.5) is 0 Å². The molecule has 37 heavy (non-hydrogen) atoms. The summed E-state index contributed by atoms with van der Waals surface area (Å²) in [6.45, 7) is 2.74. The fourth-order valence-corrected chi connectivity index (χ4v) is 4.84. The lowest BCUT2D eigenvalue weighted by atomic mass is 9.98. The van der Waals surface area contributed by atoms with E-state index in [9.17, 15) is 13.7 Å². The zero-order valence-electron chi connectivity index (χ0n) is 20.9. The van der Waals surface area contributed by atoms with Crippen LogP contribution in [0.15, 0.2) is 60.7 Å². The Morgan fingerprint density at radius 2 is 1.14 bits per heavy atom.